The van der Waals surface area contributed by atoms with Crippen molar-refractivity contribution in [2.24, 2.45) is 5.73 Å². The van der Waals surface area contributed by atoms with E-state index in [9.17, 15) is 8.42 Å². The normalized spacial score (nSPS) is 11.6. The fourth-order valence-corrected chi connectivity index (χ4v) is 2.59. The molecule has 0 radical (unpaired) electrons. The first-order valence-corrected chi connectivity index (χ1v) is 7.35. The first-order valence-electron chi connectivity index (χ1n) is 5.69. The number of hydrogen-bond acceptors (Lipinski definition) is 4. The van der Waals surface area contributed by atoms with Crippen molar-refractivity contribution in [2.75, 3.05) is 19.0 Å². The van der Waals surface area contributed by atoms with Crippen LogP contribution in [0.4, 0.5) is 0 Å². The molecule has 1 aromatic rings. The van der Waals surface area contributed by atoms with Gasteiger partial charge in [0.05, 0.1) is 17.3 Å². The SMILES string of the molecule is CCCOCCS(=O)(=O)c1cccc(CN)c1. The van der Waals surface area contributed by atoms with Gasteiger partial charge in [0.25, 0.3) is 0 Å². The molecule has 1 aromatic carbocycles. The molecule has 5 heteroatoms. The van der Waals surface area contributed by atoms with Crippen molar-refractivity contribution in [3.8, 4) is 0 Å². The third-order valence-corrected chi connectivity index (χ3v) is 4.01. The van der Waals surface area contributed by atoms with Crippen LogP contribution in [0.15, 0.2) is 29.2 Å². The van der Waals surface area contributed by atoms with E-state index in [1.165, 1.54) is 0 Å². The number of sulfone groups is 1. The second-order valence-electron chi connectivity index (χ2n) is 3.78. The molecular weight excluding hydrogens is 238 g/mol. The summed E-state index contributed by atoms with van der Waals surface area (Å²) in [7, 11) is -3.25. The average molecular weight is 257 g/mol. The highest BCUT2D eigenvalue weighted by atomic mass is 32.2. The molecule has 0 aliphatic rings. The average Bonchev–Trinajstić information content (AvgIpc) is 2.35. The Morgan fingerprint density at radius 1 is 1.29 bits per heavy atom. The zero-order valence-electron chi connectivity index (χ0n) is 10.1. The second-order valence-corrected chi connectivity index (χ2v) is 5.89. The molecule has 0 aliphatic heterocycles. The summed E-state index contributed by atoms with van der Waals surface area (Å²) in [5.74, 6) is 0.0149. The molecule has 0 bridgehead atoms. The van der Waals surface area contributed by atoms with Crippen molar-refractivity contribution < 1.29 is 13.2 Å². The molecule has 0 saturated heterocycles. The molecule has 1 rings (SSSR count). The van der Waals surface area contributed by atoms with Gasteiger partial charge in [0.1, 0.15) is 0 Å². The van der Waals surface area contributed by atoms with E-state index >= 15 is 0 Å². The maximum absolute atomic E-state index is 11.9. The van der Waals surface area contributed by atoms with E-state index in [4.69, 9.17) is 10.5 Å². The minimum atomic E-state index is -3.25. The molecule has 0 fully saturated rings. The van der Waals surface area contributed by atoms with Crippen molar-refractivity contribution >= 4 is 9.84 Å². The Kier molecular flexibility index (Phi) is 5.61. The summed E-state index contributed by atoms with van der Waals surface area (Å²) < 4.78 is 29.1. The Morgan fingerprint density at radius 3 is 2.71 bits per heavy atom. The van der Waals surface area contributed by atoms with E-state index in [2.05, 4.69) is 0 Å². The highest BCUT2D eigenvalue weighted by Crippen LogP contribution is 2.13. The Balaban J connectivity index is 2.68. The summed E-state index contributed by atoms with van der Waals surface area (Å²) in [5, 5.41) is 0. The van der Waals surface area contributed by atoms with Crippen LogP contribution >= 0.6 is 0 Å². The summed E-state index contributed by atoms with van der Waals surface area (Å²) in [6.07, 6.45) is 0.892. The third-order valence-electron chi connectivity index (χ3n) is 2.34. The van der Waals surface area contributed by atoms with Gasteiger partial charge in [-0.3, -0.25) is 0 Å². The summed E-state index contributed by atoms with van der Waals surface area (Å²) in [6, 6.07) is 6.73. The maximum Gasteiger partial charge on any atom is 0.180 e. The molecule has 0 aliphatic carbocycles. The van der Waals surface area contributed by atoms with Gasteiger partial charge in [0.2, 0.25) is 0 Å². The van der Waals surface area contributed by atoms with Crippen molar-refractivity contribution in [2.45, 2.75) is 24.8 Å². The summed E-state index contributed by atoms with van der Waals surface area (Å²) in [6.45, 7) is 3.16. The van der Waals surface area contributed by atoms with Gasteiger partial charge in [0.15, 0.2) is 9.84 Å². The fraction of sp³-hybridized carbons (Fsp3) is 0.500. The Labute approximate surface area is 103 Å². The fourth-order valence-electron chi connectivity index (χ4n) is 1.40. The molecule has 0 heterocycles. The van der Waals surface area contributed by atoms with E-state index in [-0.39, 0.29) is 12.4 Å². The van der Waals surface area contributed by atoms with Crippen LogP contribution in [0.2, 0.25) is 0 Å². The van der Waals surface area contributed by atoms with Crippen molar-refractivity contribution in [3.05, 3.63) is 29.8 Å². The van der Waals surface area contributed by atoms with Gasteiger partial charge in [-0.2, -0.15) is 0 Å². The molecule has 2 N–H and O–H groups in total. The lowest BCUT2D eigenvalue weighted by Gasteiger charge is -2.06. The van der Waals surface area contributed by atoms with Gasteiger partial charge in [-0.05, 0) is 24.1 Å². The molecule has 0 saturated carbocycles. The minimum Gasteiger partial charge on any atom is -0.380 e. The minimum absolute atomic E-state index is 0.0149. The topological polar surface area (TPSA) is 69.4 Å². The largest absolute Gasteiger partial charge is 0.380 e. The Morgan fingerprint density at radius 2 is 2.06 bits per heavy atom. The van der Waals surface area contributed by atoms with Crippen molar-refractivity contribution in [1.82, 2.24) is 0 Å². The zero-order valence-corrected chi connectivity index (χ0v) is 10.9. The highest BCUT2D eigenvalue weighted by molar-refractivity contribution is 7.91. The van der Waals surface area contributed by atoms with Gasteiger partial charge >= 0.3 is 0 Å². The predicted octanol–water partition coefficient (Wildman–Crippen LogP) is 1.35. The van der Waals surface area contributed by atoms with Crippen LogP contribution in [0.3, 0.4) is 0 Å². The van der Waals surface area contributed by atoms with E-state index in [1.54, 1.807) is 18.2 Å². The van der Waals surface area contributed by atoms with Crippen LogP contribution in [0.5, 0.6) is 0 Å². The molecule has 0 spiro atoms. The van der Waals surface area contributed by atoms with Crippen molar-refractivity contribution in [3.63, 3.8) is 0 Å². The number of hydrogen-bond donors (Lipinski definition) is 1. The molecule has 17 heavy (non-hydrogen) atoms. The molecular formula is C12H19NO3S. The van der Waals surface area contributed by atoms with Crippen LogP contribution in [0, 0.1) is 0 Å². The number of rotatable bonds is 7. The second kappa shape index (κ2) is 6.74. The van der Waals surface area contributed by atoms with E-state index in [1.807, 2.05) is 13.0 Å². The van der Waals surface area contributed by atoms with Crippen LogP contribution in [-0.4, -0.2) is 27.4 Å². The van der Waals surface area contributed by atoms with Crippen molar-refractivity contribution in [1.29, 1.82) is 0 Å². The monoisotopic (exact) mass is 257 g/mol. The number of nitrogens with two attached hydrogens (primary N) is 1. The first-order chi connectivity index (χ1) is 8.10. The summed E-state index contributed by atoms with van der Waals surface area (Å²) >= 11 is 0. The Bertz CT molecular complexity index is 443. The summed E-state index contributed by atoms with van der Waals surface area (Å²) in [5.41, 5.74) is 6.30. The van der Waals surface area contributed by atoms with Gasteiger partial charge in [-0.15, -0.1) is 0 Å². The van der Waals surface area contributed by atoms with Crippen LogP contribution in [0.1, 0.15) is 18.9 Å². The highest BCUT2D eigenvalue weighted by Gasteiger charge is 2.14. The summed E-state index contributed by atoms with van der Waals surface area (Å²) in [4.78, 5) is 0.320. The van der Waals surface area contributed by atoms with Gasteiger partial charge in [0, 0.05) is 13.2 Å². The maximum atomic E-state index is 11.9. The zero-order chi connectivity index (χ0) is 12.7. The van der Waals surface area contributed by atoms with Gasteiger partial charge in [-0.25, -0.2) is 8.42 Å². The molecule has 96 valence electrons. The van der Waals surface area contributed by atoms with E-state index < -0.39 is 9.84 Å². The lowest BCUT2D eigenvalue weighted by molar-refractivity contribution is 0.149. The molecule has 4 nitrogen and oxygen atoms in total. The Hall–Kier alpha value is -0.910. The molecule has 0 atom stereocenters. The standard InChI is InChI=1S/C12H19NO3S/c1-2-6-16-7-8-17(14,15)12-5-3-4-11(9-12)10-13/h3-5,9H,2,6-8,10,13H2,1H3. The van der Waals surface area contributed by atoms with Gasteiger partial charge in [-0.1, -0.05) is 19.1 Å². The first kappa shape index (κ1) is 14.2. The van der Waals surface area contributed by atoms with Crippen LogP contribution in [0.25, 0.3) is 0 Å². The van der Waals surface area contributed by atoms with Crippen LogP contribution < -0.4 is 5.73 Å². The van der Waals surface area contributed by atoms with E-state index in [0.29, 0.717) is 18.0 Å². The lowest BCUT2D eigenvalue weighted by atomic mass is 10.2. The predicted molar refractivity (Wildman–Crippen MR) is 67.5 cm³/mol. The van der Waals surface area contributed by atoms with Crippen LogP contribution in [-0.2, 0) is 21.1 Å². The molecule has 0 amide bonds. The lowest BCUT2D eigenvalue weighted by Crippen LogP contribution is -2.13. The number of ether oxygens (including phenoxy) is 1. The molecule has 0 unspecified atom stereocenters. The van der Waals surface area contributed by atoms with Gasteiger partial charge < -0.3 is 10.5 Å². The third kappa shape index (κ3) is 4.46. The molecule has 0 aromatic heterocycles. The number of benzene rings is 1. The van der Waals surface area contributed by atoms with E-state index in [0.717, 1.165) is 12.0 Å². The smallest absolute Gasteiger partial charge is 0.180 e. The quantitative estimate of drug-likeness (QED) is 0.748.